The number of carbonyl (C=O) groups excluding carboxylic acids is 2. The summed E-state index contributed by atoms with van der Waals surface area (Å²) in [4.78, 5) is 29.3. The van der Waals surface area contributed by atoms with Gasteiger partial charge in [0.25, 0.3) is 11.8 Å². The Kier molecular flexibility index (Phi) is 7.80. The van der Waals surface area contributed by atoms with Crippen LogP contribution >= 0.6 is 0 Å². The van der Waals surface area contributed by atoms with E-state index in [9.17, 15) is 21.9 Å². The standard InChI is InChI=1S/C29H28FN3O5S/c1-18-14-21(11-13-25(18)39(30,37)38)27(35)33-26-9-5-8-23(29(26,2)3)20-6-4-7-22(15-20)32-28(36)24-12-10-19(17-34)16-31-24/h4-16,26,34H,17H2,1-3H3,(H,32,36)(H,33,35). The van der Waals surface area contributed by atoms with Crippen molar-refractivity contribution in [3.05, 3.63) is 107 Å². The number of aromatic nitrogens is 1. The van der Waals surface area contributed by atoms with Crippen LogP contribution in [0.4, 0.5) is 9.57 Å². The number of aryl methyl sites for hydroxylation is 1. The fourth-order valence-corrected chi connectivity index (χ4v) is 5.16. The minimum atomic E-state index is -4.88. The van der Waals surface area contributed by atoms with E-state index in [1.54, 1.807) is 18.2 Å². The Bertz CT molecular complexity index is 1600. The number of allylic oxidation sites excluding steroid dienone is 2. The molecule has 2 amide bonds. The number of nitrogens with zero attached hydrogens (tertiary/aromatic N) is 1. The lowest BCUT2D eigenvalue weighted by Crippen LogP contribution is -2.45. The Morgan fingerprint density at radius 2 is 1.85 bits per heavy atom. The zero-order chi connectivity index (χ0) is 28.4. The summed E-state index contributed by atoms with van der Waals surface area (Å²) >= 11 is 0. The summed E-state index contributed by atoms with van der Waals surface area (Å²) in [5.41, 5.74) is 2.95. The number of carbonyl (C=O) groups is 2. The second kappa shape index (κ2) is 10.9. The molecule has 1 heterocycles. The first-order valence-corrected chi connectivity index (χ1v) is 13.5. The Balaban J connectivity index is 1.51. The monoisotopic (exact) mass is 549 g/mol. The minimum absolute atomic E-state index is 0.141. The van der Waals surface area contributed by atoms with Gasteiger partial charge in [-0.25, -0.2) is 0 Å². The fraction of sp³-hybridized carbons (Fsp3) is 0.207. The van der Waals surface area contributed by atoms with Gasteiger partial charge in [0.15, 0.2) is 0 Å². The van der Waals surface area contributed by atoms with Crippen molar-refractivity contribution < 1.29 is 27.0 Å². The van der Waals surface area contributed by atoms with Gasteiger partial charge in [-0.1, -0.05) is 50.3 Å². The van der Waals surface area contributed by atoms with Gasteiger partial charge in [-0.05, 0) is 65.6 Å². The summed E-state index contributed by atoms with van der Waals surface area (Å²) in [6, 6.07) is 13.8. The maximum Gasteiger partial charge on any atom is 0.332 e. The van der Waals surface area contributed by atoms with E-state index in [0.717, 1.165) is 17.2 Å². The zero-order valence-corrected chi connectivity index (χ0v) is 22.4. The molecular formula is C29H28FN3O5S. The maximum absolute atomic E-state index is 13.4. The fourth-order valence-electron chi connectivity index (χ4n) is 4.48. The van der Waals surface area contributed by atoms with Gasteiger partial charge in [0.1, 0.15) is 10.6 Å². The van der Waals surface area contributed by atoms with Crippen LogP contribution in [0, 0.1) is 12.3 Å². The van der Waals surface area contributed by atoms with E-state index in [-0.39, 0.29) is 29.3 Å². The van der Waals surface area contributed by atoms with Gasteiger partial charge in [-0.2, -0.15) is 8.42 Å². The van der Waals surface area contributed by atoms with Crippen molar-refractivity contribution in [1.82, 2.24) is 10.3 Å². The summed E-state index contributed by atoms with van der Waals surface area (Å²) in [6.07, 6.45) is 7.10. The van der Waals surface area contributed by atoms with Crippen molar-refractivity contribution in [2.45, 2.75) is 38.3 Å². The summed E-state index contributed by atoms with van der Waals surface area (Å²) in [5, 5.41) is 15.0. The number of hydrogen-bond acceptors (Lipinski definition) is 6. The van der Waals surface area contributed by atoms with E-state index in [2.05, 4.69) is 15.6 Å². The van der Waals surface area contributed by atoms with Gasteiger partial charge >= 0.3 is 10.2 Å². The summed E-state index contributed by atoms with van der Waals surface area (Å²) in [5.74, 6) is -0.814. The molecule has 0 fully saturated rings. The molecule has 4 rings (SSSR count). The lowest BCUT2D eigenvalue weighted by Gasteiger charge is -2.38. The van der Waals surface area contributed by atoms with Crippen LogP contribution in [-0.2, 0) is 16.8 Å². The topological polar surface area (TPSA) is 125 Å². The van der Waals surface area contributed by atoms with Gasteiger partial charge in [-0.15, -0.1) is 3.89 Å². The Morgan fingerprint density at radius 1 is 1.08 bits per heavy atom. The number of amides is 2. The molecule has 0 aliphatic heterocycles. The molecule has 1 atom stereocenters. The van der Waals surface area contributed by atoms with Crippen LogP contribution in [0.2, 0.25) is 0 Å². The highest BCUT2D eigenvalue weighted by Crippen LogP contribution is 2.41. The number of aliphatic hydroxyl groups excluding tert-OH is 1. The molecule has 3 N–H and O–H groups in total. The zero-order valence-electron chi connectivity index (χ0n) is 21.6. The Morgan fingerprint density at radius 3 is 2.49 bits per heavy atom. The smallest absolute Gasteiger partial charge is 0.332 e. The van der Waals surface area contributed by atoms with E-state index < -0.39 is 32.5 Å². The molecule has 202 valence electrons. The van der Waals surface area contributed by atoms with E-state index in [1.807, 2.05) is 50.3 Å². The van der Waals surface area contributed by atoms with Gasteiger partial charge in [0, 0.05) is 22.9 Å². The van der Waals surface area contributed by atoms with Crippen molar-refractivity contribution in [2.24, 2.45) is 5.41 Å². The summed E-state index contributed by atoms with van der Waals surface area (Å²) < 4.78 is 36.0. The Hall–Kier alpha value is -4.15. The number of rotatable bonds is 7. The van der Waals surface area contributed by atoms with E-state index in [1.165, 1.54) is 25.3 Å². The maximum atomic E-state index is 13.4. The first kappa shape index (κ1) is 27.9. The molecular weight excluding hydrogens is 521 g/mol. The third-order valence-corrected chi connectivity index (χ3v) is 7.68. The normalized spacial score (nSPS) is 16.3. The highest BCUT2D eigenvalue weighted by atomic mass is 32.3. The quantitative estimate of drug-likeness (QED) is 0.371. The lowest BCUT2D eigenvalue weighted by atomic mass is 9.71. The number of aliphatic hydroxyl groups is 1. The highest BCUT2D eigenvalue weighted by Gasteiger charge is 2.35. The highest BCUT2D eigenvalue weighted by molar-refractivity contribution is 7.86. The summed E-state index contributed by atoms with van der Waals surface area (Å²) in [7, 11) is -4.88. The van der Waals surface area contributed by atoms with Crippen LogP contribution in [0.3, 0.4) is 0 Å². The summed E-state index contributed by atoms with van der Waals surface area (Å²) in [6.45, 7) is 5.23. The molecule has 1 aliphatic carbocycles. The average molecular weight is 550 g/mol. The molecule has 8 nitrogen and oxygen atoms in total. The van der Waals surface area contributed by atoms with Crippen LogP contribution in [0.15, 0.2) is 83.9 Å². The first-order valence-electron chi connectivity index (χ1n) is 12.1. The molecule has 2 aromatic carbocycles. The predicted octanol–water partition coefficient (Wildman–Crippen LogP) is 4.57. The van der Waals surface area contributed by atoms with E-state index in [0.29, 0.717) is 11.3 Å². The molecule has 1 aromatic heterocycles. The van der Waals surface area contributed by atoms with Crippen molar-refractivity contribution in [1.29, 1.82) is 0 Å². The predicted molar refractivity (Wildman–Crippen MR) is 146 cm³/mol. The molecule has 39 heavy (non-hydrogen) atoms. The average Bonchev–Trinajstić information content (AvgIpc) is 2.89. The van der Waals surface area contributed by atoms with E-state index in [4.69, 9.17) is 5.11 Å². The van der Waals surface area contributed by atoms with Crippen molar-refractivity contribution >= 4 is 33.3 Å². The van der Waals surface area contributed by atoms with E-state index >= 15 is 0 Å². The molecule has 1 unspecified atom stereocenters. The number of anilines is 1. The minimum Gasteiger partial charge on any atom is -0.392 e. The SMILES string of the molecule is Cc1cc(C(=O)NC2C=CC=C(c3cccc(NC(=O)c4ccc(CO)cn4)c3)C2(C)C)ccc1S(=O)(=O)F. The van der Waals surface area contributed by atoms with Crippen LogP contribution in [0.25, 0.3) is 5.57 Å². The molecule has 0 spiro atoms. The van der Waals surface area contributed by atoms with Crippen molar-refractivity contribution in [2.75, 3.05) is 5.32 Å². The second-order valence-electron chi connectivity index (χ2n) is 9.80. The van der Waals surface area contributed by atoms with Crippen molar-refractivity contribution in [3.63, 3.8) is 0 Å². The molecule has 10 heteroatoms. The van der Waals surface area contributed by atoms with Crippen molar-refractivity contribution in [3.8, 4) is 0 Å². The third-order valence-electron chi connectivity index (χ3n) is 6.70. The van der Waals surface area contributed by atoms with Gasteiger partial charge < -0.3 is 15.7 Å². The number of pyridine rings is 1. The van der Waals surface area contributed by atoms with Crippen LogP contribution < -0.4 is 10.6 Å². The van der Waals surface area contributed by atoms with Crippen LogP contribution in [-0.4, -0.2) is 36.4 Å². The largest absolute Gasteiger partial charge is 0.392 e. The number of nitrogens with one attached hydrogen (secondary N) is 2. The molecule has 0 saturated heterocycles. The number of hydrogen-bond donors (Lipinski definition) is 3. The lowest BCUT2D eigenvalue weighted by molar-refractivity contribution is 0.0926. The van der Waals surface area contributed by atoms with Gasteiger partial charge in [0.05, 0.1) is 12.6 Å². The molecule has 1 aliphatic rings. The molecule has 3 aromatic rings. The molecule has 0 bridgehead atoms. The third kappa shape index (κ3) is 6.13. The van der Waals surface area contributed by atoms with Crippen LogP contribution in [0.1, 0.15) is 51.4 Å². The molecule has 0 saturated carbocycles. The Labute approximate surface area is 226 Å². The number of benzene rings is 2. The van der Waals surface area contributed by atoms with Crippen LogP contribution in [0.5, 0.6) is 0 Å². The van der Waals surface area contributed by atoms with Gasteiger partial charge in [-0.3, -0.25) is 14.6 Å². The van der Waals surface area contributed by atoms with Gasteiger partial charge in [0.2, 0.25) is 0 Å². The second-order valence-corrected chi connectivity index (χ2v) is 11.1. The number of halogens is 1. The molecule has 0 radical (unpaired) electrons. The first-order chi connectivity index (χ1) is 18.4.